The van der Waals surface area contributed by atoms with Crippen LogP contribution in [0.2, 0.25) is 0 Å². The molecule has 3 rings (SSSR count). The molecule has 26 heavy (non-hydrogen) atoms. The van der Waals surface area contributed by atoms with E-state index >= 15 is 0 Å². The maximum atomic E-state index is 12.5. The predicted octanol–water partition coefficient (Wildman–Crippen LogP) is 4.40. The average molecular weight is 417 g/mol. The third-order valence-electron chi connectivity index (χ3n) is 3.74. The zero-order valence-electron chi connectivity index (χ0n) is 14.3. The van der Waals surface area contributed by atoms with Crippen LogP contribution in [-0.2, 0) is 9.53 Å². The number of carbonyl (C=O) groups excluding carboxylic acids is 2. The van der Waals surface area contributed by atoms with E-state index in [0.29, 0.717) is 23.7 Å². The molecule has 0 radical (unpaired) electrons. The third-order valence-corrected chi connectivity index (χ3v) is 4.27. The minimum Gasteiger partial charge on any atom is -0.479 e. The molecule has 1 aliphatic rings. The van der Waals surface area contributed by atoms with Gasteiger partial charge in [0, 0.05) is 10.5 Å². The Morgan fingerprint density at radius 1 is 1.23 bits per heavy atom. The van der Waals surface area contributed by atoms with Crippen LogP contribution in [0.3, 0.4) is 0 Å². The lowest BCUT2D eigenvalue weighted by Gasteiger charge is -2.13. The number of Topliss-reactive ketones (excluding diaryl/α,β-unsaturated/α-hetero) is 1. The predicted molar refractivity (Wildman–Crippen MR) is 100 cm³/mol. The fourth-order valence-corrected chi connectivity index (χ4v) is 2.73. The van der Waals surface area contributed by atoms with Crippen molar-refractivity contribution in [3.8, 4) is 11.5 Å². The SMILES string of the molecule is CCOC(=O)[C@@H](C)Oc1ccc2c(c1)O/C(=C\c1ccc(Br)cc1)C2=O. The first-order valence-electron chi connectivity index (χ1n) is 8.15. The van der Waals surface area contributed by atoms with Gasteiger partial charge in [0.25, 0.3) is 0 Å². The highest BCUT2D eigenvalue weighted by Crippen LogP contribution is 2.35. The minimum absolute atomic E-state index is 0.187. The second-order valence-corrected chi connectivity index (χ2v) is 6.58. The van der Waals surface area contributed by atoms with E-state index in [9.17, 15) is 9.59 Å². The summed E-state index contributed by atoms with van der Waals surface area (Å²) in [4.78, 5) is 24.1. The Morgan fingerprint density at radius 3 is 2.65 bits per heavy atom. The Bertz CT molecular complexity index is 870. The van der Waals surface area contributed by atoms with Gasteiger partial charge in [-0.05, 0) is 49.8 Å². The number of carbonyl (C=O) groups is 2. The molecule has 1 atom stereocenters. The van der Waals surface area contributed by atoms with Gasteiger partial charge in [0.2, 0.25) is 5.78 Å². The lowest BCUT2D eigenvalue weighted by Crippen LogP contribution is -2.26. The molecule has 0 saturated heterocycles. The quantitative estimate of drug-likeness (QED) is 0.533. The average Bonchev–Trinajstić information content (AvgIpc) is 2.92. The normalized spacial score (nSPS) is 15.3. The second-order valence-electron chi connectivity index (χ2n) is 5.66. The molecule has 2 aromatic rings. The molecule has 2 aromatic carbocycles. The van der Waals surface area contributed by atoms with Gasteiger partial charge in [-0.2, -0.15) is 0 Å². The molecule has 0 bridgehead atoms. The van der Waals surface area contributed by atoms with Crippen LogP contribution >= 0.6 is 15.9 Å². The number of esters is 1. The standard InChI is InChI=1S/C20H17BrO5/c1-3-24-20(23)12(2)25-15-8-9-16-17(11-15)26-18(19(16)22)10-13-4-6-14(21)7-5-13/h4-12H,3H2,1-2H3/b18-10-/t12-/m1/s1. The van der Waals surface area contributed by atoms with Crippen molar-refractivity contribution >= 4 is 33.8 Å². The van der Waals surface area contributed by atoms with Gasteiger partial charge in [-0.25, -0.2) is 4.79 Å². The van der Waals surface area contributed by atoms with Crippen LogP contribution in [-0.4, -0.2) is 24.5 Å². The number of ketones is 1. The molecule has 0 amide bonds. The number of hydrogen-bond donors (Lipinski definition) is 0. The van der Waals surface area contributed by atoms with Crippen molar-refractivity contribution in [1.82, 2.24) is 0 Å². The third kappa shape index (κ3) is 3.96. The summed E-state index contributed by atoms with van der Waals surface area (Å²) >= 11 is 3.37. The van der Waals surface area contributed by atoms with Crippen molar-refractivity contribution in [2.45, 2.75) is 20.0 Å². The summed E-state index contributed by atoms with van der Waals surface area (Å²) in [6, 6.07) is 12.4. The number of allylic oxidation sites excluding steroid dienone is 1. The molecule has 1 aliphatic heterocycles. The second kappa shape index (κ2) is 7.74. The lowest BCUT2D eigenvalue weighted by atomic mass is 10.1. The Labute approximate surface area is 159 Å². The minimum atomic E-state index is -0.747. The monoisotopic (exact) mass is 416 g/mol. The topological polar surface area (TPSA) is 61.8 Å². The van der Waals surface area contributed by atoms with E-state index in [2.05, 4.69) is 15.9 Å². The molecule has 0 N–H and O–H groups in total. The van der Waals surface area contributed by atoms with Crippen LogP contribution < -0.4 is 9.47 Å². The van der Waals surface area contributed by atoms with Crippen molar-refractivity contribution in [1.29, 1.82) is 0 Å². The Kier molecular flexibility index (Phi) is 5.42. The maximum Gasteiger partial charge on any atom is 0.347 e. The van der Waals surface area contributed by atoms with Gasteiger partial charge in [-0.3, -0.25) is 4.79 Å². The largest absolute Gasteiger partial charge is 0.479 e. The van der Waals surface area contributed by atoms with Gasteiger partial charge < -0.3 is 14.2 Å². The molecule has 0 unspecified atom stereocenters. The van der Waals surface area contributed by atoms with Crippen LogP contribution in [0.1, 0.15) is 29.8 Å². The van der Waals surface area contributed by atoms with E-state index in [-0.39, 0.29) is 11.5 Å². The summed E-state index contributed by atoms with van der Waals surface area (Å²) in [7, 11) is 0. The van der Waals surface area contributed by atoms with Crippen molar-refractivity contribution in [2.24, 2.45) is 0 Å². The molecule has 6 heteroatoms. The molecular formula is C20H17BrO5. The molecular weight excluding hydrogens is 400 g/mol. The Hall–Kier alpha value is -2.60. The molecule has 0 fully saturated rings. The number of hydrogen-bond acceptors (Lipinski definition) is 5. The zero-order valence-corrected chi connectivity index (χ0v) is 15.9. The molecule has 5 nitrogen and oxygen atoms in total. The molecule has 0 saturated carbocycles. The van der Waals surface area contributed by atoms with Crippen LogP contribution in [0.25, 0.3) is 6.08 Å². The van der Waals surface area contributed by atoms with Crippen molar-refractivity contribution in [3.63, 3.8) is 0 Å². The van der Waals surface area contributed by atoms with E-state index in [1.807, 2.05) is 24.3 Å². The van der Waals surface area contributed by atoms with Gasteiger partial charge in [0.15, 0.2) is 11.9 Å². The van der Waals surface area contributed by atoms with Crippen molar-refractivity contribution in [3.05, 3.63) is 63.8 Å². The van der Waals surface area contributed by atoms with E-state index in [0.717, 1.165) is 10.0 Å². The molecule has 0 aromatic heterocycles. The van der Waals surface area contributed by atoms with Gasteiger partial charge in [-0.1, -0.05) is 28.1 Å². The summed E-state index contributed by atoms with van der Waals surface area (Å²) in [5.74, 6) is 0.459. The van der Waals surface area contributed by atoms with Crippen LogP contribution in [0.4, 0.5) is 0 Å². The summed E-state index contributed by atoms with van der Waals surface area (Å²) in [5.41, 5.74) is 1.32. The highest BCUT2D eigenvalue weighted by Gasteiger charge is 2.28. The number of ether oxygens (including phenoxy) is 3. The van der Waals surface area contributed by atoms with Crippen molar-refractivity contribution in [2.75, 3.05) is 6.61 Å². The van der Waals surface area contributed by atoms with E-state index < -0.39 is 12.1 Å². The summed E-state index contributed by atoms with van der Waals surface area (Å²) < 4.78 is 17.1. The highest BCUT2D eigenvalue weighted by molar-refractivity contribution is 9.10. The molecule has 1 heterocycles. The maximum absolute atomic E-state index is 12.5. The molecule has 0 aliphatic carbocycles. The van der Waals surface area contributed by atoms with Crippen LogP contribution in [0, 0.1) is 0 Å². The number of halogens is 1. The first kappa shape index (κ1) is 18.2. The molecule has 0 spiro atoms. The van der Waals surface area contributed by atoms with E-state index in [1.165, 1.54) is 0 Å². The van der Waals surface area contributed by atoms with Gasteiger partial charge in [0.05, 0.1) is 12.2 Å². The number of benzene rings is 2. The van der Waals surface area contributed by atoms with Gasteiger partial charge >= 0.3 is 5.97 Å². The first-order chi connectivity index (χ1) is 12.5. The van der Waals surface area contributed by atoms with Gasteiger partial charge in [-0.15, -0.1) is 0 Å². The zero-order chi connectivity index (χ0) is 18.7. The first-order valence-corrected chi connectivity index (χ1v) is 8.94. The van der Waals surface area contributed by atoms with E-state index in [4.69, 9.17) is 14.2 Å². The smallest absolute Gasteiger partial charge is 0.347 e. The fourth-order valence-electron chi connectivity index (χ4n) is 2.46. The van der Waals surface area contributed by atoms with Crippen LogP contribution in [0.15, 0.2) is 52.7 Å². The van der Waals surface area contributed by atoms with Crippen molar-refractivity contribution < 1.29 is 23.8 Å². The lowest BCUT2D eigenvalue weighted by molar-refractivity contribution is -0.150. The summed E-state index contributed by atoms with van der Waals surface area (Å²) in [5, 5.41) is 0. The van der Waals surface area contributed by atoms with Crippen LogP contribution in [0.5, 0.6) is 11.5 Å². The van der Waals surface area contributed by atoms with E-state index in [1.54, 1.807) is 38.1 Å². The number of fused-ring (bicyclic) bond motifs is 1. The Morgan fingerprint density at radius 2 is 1.96 bits per heavy atom. The fraction of sp³-hybridized carbons (Fsp3) is 0.200. The van der Waals surface area contributed by atoms with Gasteiger partial charge in [0.1, 0.15) is 11.5 Å². The Balaban J connectivity index is 1.77. The number of rotatable bonds is 5. The molecule has 134 valence electrons. The summed E-state index contributed by atoms with van der Waals surface area (Å²) in [6.07, 6.45) is 0.944. The highest BCUT2D eigenvalue weighted by atomic mass is 79.9. The summed E-state index contributed by atoms with van der Waals surface area (Å²) in [6.45, 7) is 3.63.